The molecule has 1 amide bonds. The SMILES string of the molecule is O=C(O)N1CCCc2ccccc2C1N1CCCC1. The van der Waals surface area contributed by atoms with E-state index < -0.39 is 6.09 Å². The van der Waals surface area contributed by atoms with E-state index in [-0.39, 0.29) is 6.17 Å². The summed E-state index contributed by atoms with van der Waals surface area (Å²) in [5.74, 6) is 0. The van der Waals surface area contributed by atoms with Crippen molar-refractivity contribution in [3.05, 3.63) is 35.4 Å². The number of carbonyl (C=O) groups is 1. The highest BCUT2D eigenvalue weighted by atomic mass is 16.4. The van der Waals surface area contributed by atoms with E-state index in [9.17, 15) is 9.90 Å². The Kier molecular flexibility index (Phi) is 3.42. The van der Waals surface area contributed by atoms with Gasteiger partial charge in [-0.15, -0.1) is 0 Å². The number of hydrogen-bond donors (Lipinski definition) is 1. The van der Waals surface area contributed by atoms with Gasteiger partial charge < -0.3 is 5.11 Å². The Morgan fingerprint density at radius 3 is 2.58 bits per heavy atom. The molecule has 2 heterocycles. The molecule has 1 saturated heterocycles. The normalized spacial score (nSPS) is 24.0. The zero-order chi connectivity index (χ0) is 13.2. The van der Waals surface area contributed by atoms with Gasteiger partial charge in [-0.3, -0.25) is 9.80 Å². The van der Waals surface area contributed by atoms with Crippen molar-refractivity contribution in [3.63, 3.8) is 0 Å². The summed E-state index contributed by atoms with van der Waals surface area (Å²) < 4.78 is 0. The van der Waals surface area contributed by atoms with Gasteiger partial charge in [0.2, 0.25) is 0 Å². The maximum absolute atomic E-state index is 11.6. The Labute approximate surface area is 113 Å². The average molecular weight is 260 g/mol. The molecule has 2 aliphatic rings. The third kappa shape index (κ3) is 2.32. The number of rotatable bonds is 1. The fraction of sp³-hybridized carbons (Fsp3) is 0.533. The maximum Gasteiger partial charge on any atom is 0.408 e. The first-order valence-corrected chi connectivity index (χ1v) is 7.09. The van der Waals surface area contributed by atoms with Crippen LogP contribution in [0.2, 0.25) is 0 Å². The van der Waals surface area contributed by atoms with Crippen LogP contribution in [0.1, 0.15) is 36.6 Å². The van der Waals surface area contributed by atoms with Crippen LogP contribution in [-0.2, 0) is 6.42 Å². The van der Waals surface area contributed by atoms with E-state index >= 15 is 0 Å². The molecular formula is C15H20N2O2. The van der Waals surface area contributed by atoms with Gasteiger partial charge in [-0.05, 0) is 36.8 Å². The zero-order valence-corrected chi connectivity index (χ0v) is 11.1. The molecule has 0 spiro atoms. The maximum atomic E-state index is 11.6. The van der Waals surface area contributed by atoms with Crippen molar-refractivity contribution in [3.8, 4) is 0 Å². The minimum Gasteiger partial charge on any atom is -0.465 e. The molecule has 0 radical (unpaired) electrons. The predicted molar refractivity (Wildman–Crippen MR) is 73.0 cm³/mol. The summed E-state index contributed by atoms with van der Waals surface area (Å²) in [6, 6.07) is 8.31. The minimum absolute atomic E-state index is 0.0845. The van der Waals surface area contributed by atoms with E-state index in [0.29, 0.717) is 6.54 Å². The van der Waals surface area contributed by atoms with Crippen molar-refractivity contribution < 1.29 is 9.90 Å². The molecule has 0 aliphatic carbocycles. The lowest BCUT2D eigenvalue weighted by Gasteiger charge is -2.35. The van der Waals surface area contributed by atoms with Crippen molar-refractivity contribution in [1.29, 1.82) is 0 Å². The topological polar surface area (TPSA) is 43.8 Å². The van der Waals surface area contributed by atoms with Gasteiger partial charge >= 0.3 is 6.09 Å². The Hall–Kier alpha value is -1.55. The van der Waals surface area contributed by atoms with E-state index in [4.69, 9.17) is 0 Å². The van der Waals surface area contributed by atoms with Crippen LogP contribution in [0.3, 0.4) is 0 Å². The summed E-state index contributed by atoms with van der Waals surface area (Å²) in [4.78, 5) is 15.5. The fourth-order valence-corrected chi connectivity index (χ4v) is 3.32. The zero-order valence-electron chi connectivity index (χ0n) is 11.1. The third-order valence-corrected chi connectivity index (χ3v) is 4.21. The van der Waals surface area contributed by atoms with Crippen LogP contribution < -0.4 is 0 Å². The molecular weight excluding hydrogens is 240 g/mol. The van der Waals surface area contributed by atoms with Crippen LogP contribution in [-0.4, -0.2) is 40.6 Å². The van der Waals surface area contributed by atoms with E-state index in [1.54, 1.807) is 4.90 Å². The summed E-state index contributed by atoms with van der Waals surface area (Å²) in [6.45, 7) is 2.64. The molecule has 3 rings (SSSR count). The number of carboxylic acid groups (broad SMARTS) is 1. The Balaban J connectivity index is 2.02. The molecule has 1 fully saturated rings. The summed E-state index contributed by atoms with van der Waals surface area (Å²) in [6.07, 6.45) is 3.35. The highest BCUT2D eigenvalue weighted by Crippen LogP contribution is 2.33. The smallest absolute Gasteiger partial charge is 0.408 e. The number of nitrogens with zero attached hydrogens (tertiary/aromatic N) is 2. The molecule has 19 heavy (non-hydrogen) atoms. The standard InChI is InChI=1S/C15H20N2O2/c18-15(19)17-11-5-7-12-6-1-2-8-13(12)14(17)16-9-3-4-10-16/h1-2,6,8,14H,3-5,7,9-11H2,(H,18,19). The van der Waals surface area contributed by atoms with Crippen molar-refractivity contribution >= 4 is 6.09 Å². The number of fused-ring (bicyclic) bond motifs is 1. The fourth-order valence-electron chi connectivity index (χ4n) is 3.32. The van der Waals surface area contributed by atoms with Gasteiger partial charge in [0.05, 0.1) is 0 Å². The highest BCUT2D eigenvalue weighted by Gasteiger charge is 2.34. The molecule has 1 unspecified atom stereocenters. The molecule has 0 bridgehead atoms. The lowest BCUT2D eigenvalue weighted by Crippen LogP contribution is -2.43. The van der Waals surface area contributed by atoms with Crippen LogP contribution in [0.25, 0.3) is 0 Å². The lowest BCUT2D eigenvalue weighted by molar-refractivity contribution is 0.0574. The molecule has 1 atom stereocenters. The monoisotopic (exact) mass is 260 g/mol. The molecule has 1 N–H and O–H groups in total. The van der Waals surface area contributed by atoms with Crippen LogP contribution >= 0.6 is 0 Å². The van der Waals surface area contributed by atoms with E-state index in [0.717, 1.165) is 25.9 Å². The second-order valence-corrected chi connectivity index (χ2v) is 5.40. The first-order valence-electron chi connectivity index (χ1n) is 7.09. The number of hydrogen-bond acceptors (Lipinski definition) is 2. The lowest BCUT2D eigenvalue weighted by atomic mass is 10.0. The minimum atomic E-state index is -0.798. The summed E-state index contributed by atoms with van der Waals surface area (Å²) in [5, 5.41) is 9.52. The first-order chi connectivity index (χ1) is 9.27. The van der Waals surface area contributed by atoms with Gasteiger partial charge in [0.25, 0.3) is 0 Å². The summed E-state index contributed by atoms with van der Waals surface area (Å²) in [7, 11) is 0. The van der Waals surface area contributed by atoms with Crippen molar-refractivity contribution in [1.82, 2.24) is 9.80 Å². The van der Waals surface area contributed by atoms with Crippen LogP contribution in [0.4, 0.5) is 4.79 Å². The van der Waals surface area contributed by atoms with Crippen molar-refractivity contribution in [2.45, 2.75) is 31.8 Å². The quantitative estimate of drug-likeness (QED) is 0.844. The number of amides is 1. The second kappa shape index (κ2) is 5.21. The molecule has 102 valence electrons. The molecule has 1 aromatic rings. The van der Waals surface area contributed by atoms with Gasteiger partial charge in [0.1, 0.15) is 6.17 Å². The molecule has 2 aliphatic heterocycles. The Bertz CT molecular complexity index is 469. The third-order valence-electron chi connectivity index (χ3n) is 4.21. The Morgan fingerprint density at radius 2 is 1.84 bits per heavy atom. The molecule has 0 saturated carbocycles. The van der Waals surface area contributed by atoms with Crippen LogP contribution in [0.5, 0.6) is 0 Å². The molecule has 1 aromatic carbocycles. The highest BCUT2D eigenvalue weighted by molar-refractivity contribution is 5.66. The van der Waals surface area contributed by atoms with Gasteiger partial charge in [-0.25, -0.2) is 4.79 Å². The average Bonchev–Trinajstić information content (AvgIpc) is 2.85. The summed E-state index contributed by atoms with van der Waals surface area (Å²) in [5.41, 5.74) is 2.49. The van der Waals surface area contributed by atoms with E-state index in [2.05, 4.69) is 23.1 Å². The molecule has 4 heteroatoms. The van der Waals surface area contributed by atoms with Gasteiger partial charge in [-0.1, -0.05) is 24.3 Å². The van der Waals surface area contributed by atoms with Gasteiger partial charge in [0, 0.05) is 19.6 Å². The van der Waals surface area contributed by atoms with Crippen LogP contribution in [0, 0.1) is 0 Å². The van der Waals surface area contributed by atoms with Crippen molar-refractivity contribution in [2.24, 2.45) is 0 Å². The molecule has 0 aromatic heterocycles. The summed E-state index contributed by atoms with van der Waals surface area (Å²) >= 11 is 0. The second-order valence-electron chi connectivity index (χ2n) is 5.40. The first kappa shape index (κ1) is 12.5. The van der Waals surface area contributed by atoms with Gasteiger partial charge in [-0.2, -0.15) is 0 Å². The largest absolute Gasteiger partial charge is 0.465 e. The molecule has 4 nitrogen and oxygen atoms in total. The predicted octanol–water partition coefficient (Wildman–Crippen LogP) is 2.71. The van der Waals surface area contributed by atoms with Gasteiger partial charge in [0.15, 0.2) is 0 Å². The van der Waals surface area contributed by atoms with Crippen LogP contribution in [0.15, 0.2) is 24.3 Å². The number of benzene rings is 1. The number of aryl methyl sites for hydroxylation is 1. The number of likely N-dealkylation sites (tertiary alicyclic amines) is 1. The Morgan fingerprint density at radius 1 is 1.11 bits per heavy atom. The van der Waals surface area contributed by atoms with E-state index in [1.807, 2.05) is 6.07 Å². The van der Waals surface area contributed by atoms with E-state index in [1.165, 1.54) is 24.0 Å². The van der Waals surface area contributed by atoms with Crippen molar-refractivity contribution in [2.75, 3.05) is 19.6 Å².